The van der Waals surface area contributed by atoms with Crippen LogP contribution in [0.2, 0.25) is 0 Å². The van der Waals surface area contributed by atoms with E-state index in [0.29, 0.717) is 38.9 Å². The number of carboxylic acid groups (broad SMARTS) is 3. The van der Waals surface area contributed by atoms with Crippen molar-refractivity contribution in [3.05, 3.63) is 104 Å². The van der Waals surface area contributed by atoms with Gasteiger partial charge in [-0.3, -0.25) is 19.3 Å². The quantitative estimate of drug-likeness (QED) is 0.0500. The van der Waals surface area contributed by atoms with Crippen LogP contribution in [0.1, 0.15) is 52.6 Å². The van der Waals surface area contributed by atoms with Crippen molar-refractivity contribution in [1.82, 2.24) is 20.9 Å². The third-order valence-corrected chi connectivity index (χ3v) is 16.7. The number of nitrogens with one attached hydrogen (secondary N) is 3. The molecule has 0 spiro atoms. The smallest absolute Gasteiger partial charge is 0.307 e. The molecule has 3 aliphatic heterocycles. The molecule has 10 nitrogen and oxygen atoms in total. The lowest BCUT2D eigenvalue weighted by atomic mass is 9.86. The maximum absolute atomic E-state index is 12.4. The highest BCUT2D eigenvalue weighted by molar-refractivity contribution is 7.18. The minimum Gasteiger partial charge on any atom is -0.481 e. The molecular weight excluding hydrogens is 825 g/mol. The Morgan fingerprint density at radius 2 is 0.836 bits per heavy atom. The van der Waals surface area contributed by atoms with Crippen LogP contribution in [0.3, 0.4) is 0 Å². The molecule has 0 bridgehead atoms. The van der Waals surface area contributed by atoms with E-state index in [2.05, 4.69) is 91.6 Å². The van der Waals surface area contributed by atoms with Crippen molar-refractivity contribution in [2.75, 3.05) is 39.3 Å². The predicted octanol–water partition coefficient (Wildman–Crippen LogP) is 8.09. The Morgan fingerprint density at radius 1 is 0.525 bits per heavy atom. The third-order valence-electron chi connectivity index (χ3n) is 13.7. The minimum absolute atomic E-state index is 0.122. The van der Waals surface area contributed by atoms with Crippen LogP contribution in [0.5, 0.6) is 0 Å². The molecule has 3 aliphatic rings. The highest BCUT2D eigenvalue weighted by Crippen LogP contribution is 2.36. The zero-order valence-corrected chi connectivity index (χ0v) is 36.7. The van der Waals surface area contributed by atoms with Crippen LogP contribution in [0, 0.1) is 35.5 Å². The molecule has 13 heteroatoms. The molecular formula is C48H54N4O6S3. The highest BCUT2D eigenvalue weighted by atomic mass is 32.1. The van der Waals surface area contributed by atoms with Gasteiger partial charge in [0.2, 0.25) is 0 Å². The lowest BCUT2D eigenvalue weighted by Crippen LogP contribution is -2.27. The summed E-state index contributed by atoms with van der Waals surface area (Å²) in [7, 11) is 0. The average molecular weight is 879 g/mol. The fraction of sp³-hybridized carbons (Fsp3) is 0.438. The molecule has 0 radical (unpaired) electrons. The molecule has 0 aliphatic carbocycles. The van der Waals surface area contributed by atoms with Gasteiger partial charge >= 0.3 is 17.9 Å². The topological polar surface area (TPSA) is 151 Å². The largest absolute Gasteiger partial charge is 0.481 e. The second-order valence-corrected chi connectivity index (χ2v) is 20.4. The Balaban J connectivity index is 1.03. The number of rotatable bonds is 18. The van der Waals surface area contributed by atoms with Crippen molar-refractivity contribution in [2.45, 2.75) is 58.2 Å². The zero-order chi connectivity index (χ0) is 42.0. The lowest BCUT2D eigenvalue weighted by molar-refractivity contribution is -0.144. The van der Waals surface area contributed by atoms with E-state index in [0.717, 1.165) is 75.2 Å². The zero-order valence-electron chi connectivity index (χ0n) is 34.2. The second-order valence-electron chi connectivity index (χ2n) is 17.6. The Bertz CT molecular complexity index is 2250. The summed E-state index contributed by atoms with van der Waals surface area (Å²) < 4.78 is 3.54. The second kappa shape index (κ2) is 18.6. The first-order valence-electron chi connectivity index (χ1n) is 21.7. The van der Waals surface area contributed by atoms with E-state index < -0.39 is 35.7 Å². The van der Waals surface area contributed by atoms with E-state index in [1.54, 1.807) is 34.0 Å². The number of aliphatic carboxylic acids is 3. The van der Waals surface area contributed by atoms with Gasteiger partial charge in [-0.15, -0.1) is 34.0 Å². The molecule has 0 amide bonds. The molecule has 9 rings (SSSR count). The third kappa shape index (κ3) is 9.44. The number of nitrogens with zero attached hydrogens (tertiary/aromatic N) is 1. The number of thiophene rings is 3. The van der Waals surface area contributed by atoms with Crippen LogP contribution in [-0.2, 0) is 53.3 Å². The molecule has 6 heterocycles. The van der Waals surface area contributed by atoms with E-state index in [4.69, 9.17) is 0 Å². The van der Waals surface area contributed by atoms with Gasteiger partial charge in [0.05, 0.1) is 17.8 Å². The normalized spacial score (nSPS) is 20.9. The van der Waals surface area contributed by atoms with Crippen molar-refractivity contribution in [3.8, 4) is 0 Å². The number of benzene rings is 3. The van der Waals surface area contributed by atoms with Crippen LogP contribution in [0.15, 0.2) is 70.7 Å². The summed E-state index contributed by atoms with van der Waals surface area (Å²) in [5.74, 6) is -3.11. The van der Waals surface area contributed by atoms with Gasteiger partial charge in [0.25, 0.3) is 0 Å². The van der Waals surface area contributed by atoms with Gasteiger partial charge in [0.15, 0.2) is 0 Å². The predicted molar refractivity (Wildman–Crippen MR) is 246 cm³/mol. The Hall–Kier alpha value is -4.21. The molecule has 6 atom stereocenters. The number of carbonyl (C=O) groups is 3. The molecule has 3 saturated heterocycles. The molecule has 3 aromatic carbocycles. The van der Waals surface area contributed by atoms with Gasteiger partial charge in [-0.25, -0.2) is 0 Å². The fourth-order valence-corrected chi connectivity index (χ4v) is 13.0. The maximum Gasteiger partial charge on any atom is 0.307 e. The molecule has 320 valence electrons. The molecule has 61 heavy (non-hydrogen) atoms. The summed E-state index contributed by atoms with van der Waals surface area (Å²) in [6.45, 7) is 6.85. The lowest BCUT2D eigenvalue weighted by Gasteiger charge is -2.23. The molecule has 6 N–H and O–H groups in total. The number of hydrogen-bond donors (Lipinski definition) is 6. The first-order chi connectivity index (χ1) is 29.7. The Morgan fingerprint density at radius 3 is 1.10 bits per heavy atom. The summed E-state index contributed by atoms with van der Waals surface area (Å²) >= 11 is 5.17. The summed E-state index contributed by atoms with van der Waals surface area (Å²) in [6.07, 6.45) is 4.15. The molecule has 6 aromatic rings. The van der Waals surface area contributed by atoms with Crippen LogP contribution < -0.4 is 16.0 Å². The van der Waals surface area contributed by atoms with Gasteiger partial charge in [-0.05, 0) is 198 Å². The van der Waals surface area contributed by atoms with E-state index in [9.17, 15) is 29.7 Å². The first kappa shape index (κ1) is 42.1. The van der Waals surface area contributed by atoms with Gasteiger partial charge < -0.3 is 31.3 Å². The summed E-state index contributed by atoms with van der Waals surface area (Å²) in [5, 5.41) is 50.9. The summed E-state index contributed by atoms with van der Waals surface area (Å²) in [6, 6.07) is 19.4. The van der Waals surface area contributed by atoms with E-state index >= 15 is 0 Å². The summed E-state index contributed by atoms with van der Waals surface area (Å²) in [4.78, 5) is 39.8. The monoisotopic (exact) mass is 878 g/mol. The Labute approximate surface area is 368 Å². The van der Waals surface area contributed by atoms with Crippen molar-refractivity contribution in [2.24, 2.45) is 35.5 Å². The van der Waals surface area contributed by atoms with Crippen molar-refractivity contribution < 1.29 is 29.7 Å². The number of fused-ring (bicyclic) bond motifs is 3. The minimum atomic E-state index is -0.731. The average Bonchev–Trinajstić information content (AvgIpc) is 4.12. The van der Waals surface area contributed by atoms with Gasteiger partial charge in [0, 0.05) is 33.7 Å². The standard InChI is InChI=1S/C48H54N4O6S3/c53-46(54)40(31-7-10-49-19-31)16-28-1-4-43-37(13-28)34(25-59-43)22-52(23-35-26-60-44-5-2-29(14-38(35)44)17-41(47(55)56)32-8-11-50-20-32)24-36-27-61-45-6-3-30(15-39(36)45)18-42(48(57)58)33-9-12-51-21-33/h1-6,13-15,25-27,31-33,40-42,49-51H,7-12,16-24H2,(H,53,54)(H,55,56)(H,57,58)/t31-,32-,33-,40-,41-,42-/m0/s1. The number of hydrogen-bond acceptors (Lipinski definition) is 10. The van der Waals surface area contributed by atoms with Crippen LogP contribution >= 0.6 is 34.0 Å². The van der Waals surface area contributed by atoms with Crippen molar-refractivity contribution in [1.29, 1.82) is 0 Å². The van der Waals surface area contributed by atoms with Crippen LogP contribution in [0.25, 0.3) is 30.3 Å². The van der Waals surface area contributed by atoms with Crippen molar-refractivity contribution >= 4 is 82.2 Å². The molecule has 0 saturated carbocycles. The molecule has 3 fully saturated rings. The van der Waals surface area contributed by atoms with Crippen LogP contribution in [-0.4, -0.2) is 77.4 Å². The van der Waals surface area contributed by atoms with Gasteiger partial charge in [0.1, 0.15) is 0 Å². The van der Waals surface area contributed by atoms with Gasteiger partial charge in [-0.2, -0.15) is 0 Å². The SMILES string of the molecule is O=C(O)[C@@H](Cc1ccc2scc(CN(Cc3csc4ccc(C[C@H](C(=O)O)[C@H]5CCNC5)cc34)Cc3csc4ccc(C[C@H](C(=O)O)[C@H]5CCNC5)cc34)c2c1)[C@H]1CCNC1. The first-order valence-corrected chi connectivity index (χ1v) is 24.3. The van der Waals surface area contributed by atoms with E-state index in [1.165, 1.54) is 46.9 Å². The number of carboxylic acids is 3. The maximum atomic E-state index is 12.4. The Kier molecular flexibility index (Phi) is 12.9. The highest BCUT2D eigenvalue weighted by Gasteiger charge is 2.33. The van der Waals surface area contributed by atoms with E-state index in [-0.39, 0.29) is 17.8 Å². The van der Waals surface area contributed by atoms with Gasteiger partial charge in [-0.1, -0.05) is 18.2 Å². The van der Waals surface area contributed by atoms with Crippen molar-refractivity contribution in [3.63, 3.8) is 0 Å². The van der Waals surface area contributed by atoms with Crippen LogP contribution in [0.4, 0.5) is 0 Å². The fourth-order valence-electron chi connectivity index (χ4n) is 10.2. The molecule has 3 aromatic heterocycles. The summed E-state index contributed by atoms with van der Waals surface area (Å²) in [5.41, 5.74) is 6.77. The molecule has 0 unspecified atom stereocenters. The van der Waals surface area contributed by atoms with E-state index in [1.807, 2.05) is 0 Å².